The zero-order valence-corrected chi connectivity index (χ0v) is 17.2. The van der Waals surface area contributed by atoms with Crippen LogP contribution >= 0.6 is 10.0 Å². The summed E-state index contributed by atoms with van der Waals surface area (Å²) in [6.07, 6.45) is 7.11. The van der Waals surface area contributed by atoms with Crippen LogP contribution in [0.5, 0.6) is 0 Å². The average Bonchev–Trinajstić information content (AvgIpc) is 2.75. The van der Waals surface area contributed by atoms with Gasteiger partial charge in [-0.1, -0.05) is 0 Å². The smallest absolute Gasteiger partial charge is 0.231 e. The Bertz CT molecular complexity index is 692. The lowest BCUT2D eigenvalue weighted by molar-refractivity contribution is -0.128. The minimum Gasteiger partial charge on any atom is -0.369 e. The number of nitrogens with zero attached hydrogens (tertiary/aromatic N) is 4. The second-order valence-electron chi connectivity index (χ2n) is 7.75. The van der Waals surface area contributed by atoms with Gasteiger partial charge in [0, 0.05) is 24.1 Å². The molecule has 2 N–H and O–H groups in total. The molecule has 1 amide bonds. The van der Waals surface area contributed by atoms with E-state index in [4.69, 9.17) is 10.5 Å². The van der Waals surface area contributed by atoms with Gasteiger partial charge >= 0.3 is 0 Å². The van der Waals surface area contributed by atoms with Crippen LogP contribution in [0.2, 0.25) is 0 Å². The molecule has 0 bridgehead atoms. The van der Waals surface area contributed by atoms with E-state index in [1.807, 2.05) is 25.5 Å². The first-order valence-corrected chi connectivity index (χ1v) is 11.4. The SMILES string of the molecule is Cc1nn(COCCS(C)(C)C)c(C)c1[C@]1(C)CC(=O)N(C)C(N)=N1. The van der Waals surface area contributed by atoms with E-state index in [0.29, 0.717) is 6.73 Å². The van der Waals surface area contributed by atoms with Gasteiger partial charge in [-0.3, -0.25) is 9.69 Å². The van der Waals surface area contributed by atoms with Crippen molar-refractivity contribution in [2.75, 3.05) is 38.2 Å². The number of hydrogen-bond acceptors (Lipinski definition) is 5. The molecule has 0 radical (unpaired) electrons. The first-order valence-electron chi connectivity index (χ1n) is 8.35. The highest BCUT2D eigenvalue weighted by molar-refractivity contribution is 8.32. The van der Waals surface area contributed by atoms with E-state index in [9.17, 15) is 4.79 Å². The van der Waals surface area contributed by atoms with Crippen LogP contribution in [0, 0.1) is 13.8 Å². The topological polar surface area (TPSA) is 85.7 Å². The van der Waals surface area contributed by atoms with Crippen molar-refractivity contribution in [1.82, 2.24) is 14.7 Å². The van der Waals surface area contributed by atoms with Gasteiger partial charge in [0.15, 0.2) is 5.96 Å². The molecule has 0 aromatic carbocycles. The maximum absolute atomic E-state index is 12.2. The molecule has 0 spiro atoms. The van der Waals surface area contributed by atoms with Crippen molar-refractivity contribution in [1.29, 1.82) is 0 Å². The van der Waals surface area contributed by atoms with E-state index in [-0.39, 0.29) is 18.3 Å². The van der Waals surface area contributed by atoms with Crippen LogP contribution in [0.1, 0.15) is 30.3 Å². The predicted molar refractivity (Wildman–Crippen MR) is 104 cm³/mol. The molecule has 0 saturated carbocycles. The van der Waals surface area contributed by atoms with Crippen LogP contribution in [-0.4, -0.2) is 64.7 Å². The second kappa shape index (κ2) is 6.99. The molecule has 1 aliphatic rings. The second-order valence-corrected chi connectivity index (χ2v) is 12.3. The number of aryl methyl sites for hydroxylation is 1. The molecular formula is C17H31N5O2S. The molecule has 7 nitrogen and oxygen atoms in total. The van der Waals surface area contributed by atoms with Crippen molar-refractivity contribution in [2.45, 2.75) is 39.5 Å². The van der Waals surface area contributed by atoms with Crippen molar-refractivity contribution in [3.8, 4) is 0 Å². The molecule has 142 valence electrons. The van der Waals surface area contributed by atoms with Crippen molar-refractivity contribution in [2.24, 2.45) is 10.7 Å². The Morgan fingerprint density at radius 1 is 1.32 bits per heavy atom. The van der Waals surface area contributed by atoms with E-state index in [2.05, 4.69) is 28.9 Å². The predicted octanol–water partition coefficient (Wildman–Crippen LogP) is 1.56. The highest BCUT2D eigenvalue weighted by Crippen LogP contribution is 2.37. The number of nitrogens with two attached hydrogens (primary N) is 1. The lowest BCUT2D eigenvalue weighted by atomic mass is 9.86. The number of carbonyl (C=O) groups excluding carboxylic acids is 1. The molecule has 1 aliphatic heterocycles. The average molecular weight is 370 g/mol. The summed E-state index contributed by atoms with van der Waals surface area (Å²) in [5, 5.41) is 4.60. The standard InChI is InChI=1S/C17H31N5O2S/c1-12-15(17(3)10-14(23)21(4)16(18)19-17)13(2)22(20-12)11-24-8-9-25(5,6)7/h8-11H2,1-7H3,(H2,18,19)/t17-/m0/s1. The number of ether oxygens (including phenoxy) is 1. The summed E-state index contributed by atoms with van der Waals surface area (Å²) in [5.41, 5.74) is 8.04. The molecule has 2 heterocycles. The maximum atomic E-state index is 12.2. The van der Waals surface area contributed by atoms with E-state index >= 15 is 0 Å². The Labute approximate surface area is 151 Å². The van der Waals surface area contributed by atoms with Gasteiger partial charge in [-0.25, -0.2) is 19.7 Å². The fourth-order valence-corrected chi connectivity index (χ4v) is 3.73. The Balaban J connectivity index is 2.21. The summed E-state index contributed by atoms with van der Waals surface area (Å²) < 4.78 is 7.66. The quantitative estimate of drug-likeness (QED) is 0.771. The molecule has 1 atom stereocenters. The van der Waals surface area contributed by atoms with E-state index in [0.717, 1.165) is 29.3 Å². The molecule has 2 rings (SSSR count). The first-order chi connectivity index (χ1) is 11.4. The third-order valence-electron chi connectivity index (χ3n) is 4.55. The number of hydrogen-bond donors (Lipinski definition) is 1. The van der Waals surface area contributed by atoms with Crippen molar-refractivity contribution in [3.63, 3.8) is 0 Å². The summed E-state index contributed by atoms with van der Waals surface area (Å²) in [6, 6.07) is 0. The third kappa shape index (κ3) is 4.36. The summed E-state index contributed by atoms with van der Waals surface area (Å²) in [7, 11) is 1.08. The van der Waals surface area contributed by atoms with Gasteiger partial charge in [0.1, 0.15) is 6.73 Å². The Morgan fingerprint density at radius 2 is 1.96 bits per heavy atom. The van der Waals surface area contributed by atoms with Gasteiger partial charge < -0.3 is 10.5 Å². The number of aromatic nitrogens is 2. The highest BCUT2D eigenvalue weighted by Gasteiger charge is 2.39. The monoisotopic (exact) mass is 369 g/mol. The van der Waals surface area contributed by atoms with Crippen LogP contribution < -0.4 is 5.73 Å². The highest BCUT2D eigenvalue weighted by atomic mass is 32.3. The van der Waals surface area contributed by atoms with Gasteiger partial charge in [-0.05, 0) is 39.5 Å². The first kappa shape index (κ1) is 19.8. The number of carbonyl (C=O) groups is 1. The molecule has 8 heteroatoms. The van der Waals surface area contributed by atoms with Crippen molar-refractivity contribution < 1.29 is 9.53 Å². The molecular weight excluding hydrogens is 338 g/mol. The maximum Gasteiger partial charge on any atom is 0.231 e. The van der Waals surface area contributed by atoms with Crippen molar-refractivity contribution >= 4 is 21.9 Å². The van der Waals surface area contributed by atoms with Crippen LogP contribution in [0.15, 0.2) is 4.99 Å². The molecule has 1 aromatic rings. The minimum atomic E-state index is -0.685. The Kier molecular flexibility index (Phi) is 5.53. The zero-order chi connectivity index (χ0) is 19.0. The van der Waals surface area contributed by atoms with Crippen LogP contribution in [0.3, 0.4) is 0 Å². The number of aliphatic imine (C=N–C) groups is 1. The van der Waals surface area contributed by atoms with Gasteiger partial charge in [0.05, 0.1) is 24.3 Å². The van der Waals surface area contributed by atoms with Crippen LogP contribution in [0.4, 0.5) is 0 Å². The lowest BCUT2D eigenvalue weighted by Gasteiger charge is -2.33. The molecule has 0 fully saturated rings. The molecule has 0 saturated heterocycles. The Hall–Kier alpha value is -1.54. The van der Waals surface area contributed by atoms with Crippen LogP contribution in [0.25, 0.3) is 0 Å². The van der Waals surface area contributed by atoms with Crippen LogP contribution in [-0.2, 0) is 21.8 Å². The minimum absolute atomic E-state index is 0.0362. The molecule has 0 aliphatic carbocycles. The van der Waals surface area contributed by atoms with E-state index in [1.54, 1.807) is 7.05 Å². The van der Waals surface area contributed by atoms with Gasteiger partial charge in [-0.2, -0.15) is 5.10 Å². The summed E-state index contributed by atoms with van der Waals surface area (Å²) in [4.78, 5) is 18.2. The van der Waals surface area contributed by atoms with Gasteiger partial charge in [0.2, 0.25) is 5.91 Å². The van der Waals surface area contributed by atoms with E-state index < -0.39 is 15.6 Å². The molecule has 25 heavy (non-hydrogen) atoms. The molecule has 1 aromatic heterocycles. The summed E-state index contributed by atoms with van der Waals surface area (Å²) in [6.45, 7) is 7.00. The van der Waals surface area contributed by atoms with E-state index in [1.165, 1.54) is 4.90 Å². The Morgan fingerprint density at radius 3 is 2.52 bits per heavy atom. The van der Waals surface area contributed by atoms with Gasteiger partial charge in [-0.15, -0.1) is 0 Å². The fraction of sp³-hybridized carbons (Fsp3) is 0.706. The largest absolute Gasteiger partial charge is 0.369 e. The number of rotatable bonds is 6. The normalized spacial score (nSPS) is 22.3. The van der Waals surface area contributed by atoms with Gasteiger partial charge in [0.25, 0.3) is 0 Å². The third-order valence-corrected chi connectivity index (χ3v) is 5.94. The molecule has 0 unspecified atom stereocenters. The number of amides is 1. The summed E-state index contributed by atoms with van der Waals surface area (Å²) in [5.74, 6) is 1.28. The number of guanidine groups is 1. The lowest BCUT2D eigenvalue weighted by Crippen LogP contribution is -2.47. The summed E-state index contributed by atoms with van der Waals surface area (Å²) >= 11 is 0. The fourth-order valence-electron chi connectivity index (χ4n) is 3.11. The zero-order valence-electron chi connectivity index (χ0n) is 16.4. The van der Waals surface area contributed by atoms with Crippen molar-refractivity contribution in [3.05, 3.63) is 17.0 Å².